The van der Waals surface area contributed by atoms with Crippen LogP contribution in [0.15, 0.2) is 18.2 Å². The molecule has 1 fully saturated rings. The first kappa shape index (κ1) is 15.8. The van der Waals surface area contributed by atoms with Crippen LogP contribution in [0.1, 0.15) is 44.2 Å². The van der Waals surface area contributed by atoms with Crippen molar-refractivity contribution in [2.45, 2.75) is 38.6 Å². The summed E-state index contributed by atoms with van der Waals surface area (Å²) >= 11 is 0. The molecular weight excluding hydrogens is 273 g/mol. The lowest BCUT2D eigenvalue weighted by Crippen LogP contribution is -2.37. The maximum Gasteiger partial charge on any atom is 0.303 e. The quantitative estimate of drug-likeness (QED) is 0.876. The molecule has 1 aromatic rings. The molecule has 1 aromatic carbocycles. The maximum absolute atomic E-state index is 13.1. The highest BCUT2D eigenvalue weighted by atomic mass is 19.1. The number of benzene rings is 1. The Kier molecular flexibility index (Phi) is 5.17. The monoisotopic (exact) mass is 295 g/mol. The molecule has 2 rings (SSSR count). The van der Waals surface area contributed by atoms with E-state index in [1.165, 1.54) is 6.07 Å². The average Bonchev–Trinajstić information content (AvgIpc) is 2.45. The van der Waals surface area contributed by atoms with Gasteiger partial charge in [0.15, 0.2) is 0 Å². The Morgan fingerprint density at radius 2 is 2.29 bits per heavy atom. The standard InChI is InChI=1S/C16H22FNO3/c1-11(14-6-5-13(17)9-15(14)19)18-8-2-3-12(10-18)4-7-16(20)21/h5-6,9,11-12,19H,2-4,7-8,10H2,1H3,(H,20,21). The third-order valence-corrected chi connectivity index (χ3v) is 4.31. The molecule has 2 unspecified atom stereocenters. The van der Waals surface area contributed by atoms with Gasteiger partial charge in [0.2, 0.25) is 0 Å². The second-order valence-electron chi connectivity index (χ2n) is 5.81. The van der Waals surface area contributed by atoms with Crippen molar-refractivity contribution in [1.29, 1.82) is 0 Å². The molecule has 1 heterocycles. The SMILES string of the molecule is CC(c1ccc(F)cc1O)N1CCCC(CCC(=O)O)C1. The van der Waals surface area contributed by atoms with Gasteiger partial charge in [-0.05, 0) is 44.7 Å². The third-order valence-electron chi connectivity index (χ3n) is 4.31. The minimum Gasteiger partial charge on any atom is -0.508 e. The molecule has 0 aromatic heterocycles. The highest BCUT2D eigenvalue weighted by molar-refractivity contribution is 5.66. The van der Waals surface area contributed by atoms with Gasteiger partial charge in [-0.25, -0.2) is 4.39 Å². The van der Waals surface area contributed by atoms with Crippen molar-refractivity contribution >= 4 is 5.97 Å². The number of rotatable bonds is 5. The van der Waals surface area contributed by atoms with E-state index >= 15 is 0 Å². The van der Waals surface area contributed by atoms with Crippen LogP contribution in [0, 0.1) is 11.7 Å². The third kappa shape index (κ3) is 4.17. The molecule has 2 atom stereocenters. The van der Waals surface area contributed by atoms with Gasteiger partial charge in [-0.15, -0.1) is 0 Å². The van der Waals surface area contributed by atoms with Crippen LogP contribution in [0.25, 0.3) is 0 Å². The van der Waals surface area contributed by atoms with E-state index in [0.29, 0.717) is 12.3 Å². The lowest BCUT2D eigenvalue weighted by Gasteiger charge is -2.37. The Morgan fingerprint density at radius 1 is 1.52 bits per heavy atom. The summed E-state index contributed by atoms with van der Waals surface area (Å²) in [6.45, 7) is 3.74. The summed E-state index contributed by atoms with van der Waals surface area (Å²) in [4.78, 5) is 12.9. The molecule has 1 aliphatic rings. The number of aliphatic carboxylic acids is 1. The molecule has 21 heavy (non-hydrogen) atoms. The predicted octanol–water partition coefficient (Wildman–Crippen LogP) is 3.17. The molecule has 0 amide bonds. The second kappa shape index (κ2) is 6.89. The summed E-state index contributed by atoms with van der Waals surface area (Å²) in [7, 11) is 0. The van der Waals surface area contributed by atoms with E-state index in [2.05, 4.69) is 4.90 Å². The van der Waals surface area contributed by atoms with Crippen molar-refractivity contribution in [3.8, 4) is 5.75 Å². The number of likely N-dealkylation sites (tertiary alicyclic amines) is 1. The van der Waals surface area contributed by atoms with Gasteiger partial charge in [-0.2, -0.15) is 0 Å². The number of phenols is 1. The largest absolute Gasteiger partial charge is 0.508 e. The van der Waals surface area contributed by atoms with Crippen molar-refractivity contribution < 1.29 is 19.4 Å². The smallest absolute Gasteiger partial charge is 0.303 e. The van der Waals surface area contributed by atoms with Crippen molar-refractivity contribution in [2.75, 3.05) is 13.1 Å². The fourth-order valence-corrected chi connectivity index (χ4v) is 3.08. The summed E-state index contributed by atoms with van der Waals surface area (Å²) in [5, 5.41) is 18.7. The van der Waals surface area contributed by atoms with Crippen LogP contribution >= 0.6 is 0 Å². The average molecular weight is 295 g/mol. The number of hydrogen-bond acceptors (Lipinski definition) is 3. The zero-order valence-corrected chi connectivity index (χ0v) is 12.3. The summed E-state index contributed by atoms with van der Waals surface area (Å²) in [6.07, 6.45) is 2.96. The summed E-state index contributed by atoms with van der Waals surface area (Å²) in [5.74, 6) is -0.840. The number of halogens is 1. The molecule has 1 aliphatic heterocycles. The summed E-state index contributed by atoms with van der Waals surface area (Å²) in [6, 6.07) is 4.11. The topological polar surface area (TPSA) is 60.8 Å². The fourth-order valence-electron chi connectivity index (χ4n) is 3.08. The maximum atomic E-state index is 13.1. The number of carbonyl (C=O) groups is 1. The molecule has 1 saturated heterocycles. The number of piperidine rings is 1. The van der Waals surface area contributed by atoms with E-state index < -0.39 is 11.8 Å². The highest BCUT2D eigenvalue weighted by Gasteiger charge is 2.26. The van der Waals surface area contributed by atoms with Crippen LogP contribution in [0.5, 0.6) is 5.75 Å². The number of carboxylic acid groups (broad SMARTS) is 1. The lowest BCUT2D eigenvalue weighted by atomic mass is 9.91. The molecule has 2 N–H and O–H groups in total. The van der Waals surface area contributed by atoms with Crippen LogP contribution in [-0.2, 0) is 4.79 Å². The first-order chi connectivity index (χ1) is 9.97. The van der Waals surface area contributed by atoms with E-state index in [4.69, 9.17) is 5.11 Å². The van der Waals surface area contributed by atoms with E-state index in [9.17, 15) is 14.3 Å². The lowest BCUT2D eigenvalue weighted by molar-refractivity contribution is -0.137. The first-order valence-corrected chi connectivity index (χ1v) is 7.41. The number of hydrogen-bond donors (Lipinski definition) is 2. The molecule has 0 saturated carbocycles. The van der Waals surface area contributed by atoms with E-state index in [1.807, 2.05) is 6.92 Å². The molecule has 0 aliphatic carbocycles. The Bertz CT molecular complexity index is 506. The Hall–Kier alpha value is -1.62. The Balaban J connectivity index is 2.01. The van der Waals surface area contributed by atoms with Gasteiger partial charge in [-0.3, -0.25) is 9.69 Å². The van der Waals surface area contributed by atoms with Crippen LogP contribution in [-0.4, -0.2) is 34.2 Å². The first-order valence-electron chi connectivity index (χ1n) is 7.41. The normalized spacial score (nSPS) is 21.1. The number of nitrogens with zero attached hydrogens (tertiary/aromatic N) is 1. The predicted molar refractivity (Wildman–Crippen MR) is 77.6 cm³/mol. The van der Waals surface area contributed by atoms with Gasteiger partial charge in [0.1, 0.15) is 11.6 Å². The fraction of sp³-hybridized carbons (Fsp3) is 0.562. The van der Waals surface area contributed by atoms with Gasteiger partial charge in [-0.1, -0.05) is 6.07 Å². The molecule has 0 bridgehead atoms. The second-order valence-corrected chi connectivity index (χ2v) is 5.81. The Morgan fingerprint density at radius 3 is 2.95 bits per heavy atom. The van der Waals surface area contributed by atoms with Crippen LogP contribution in [0.4, 0.5) is 4.39 Å². The van der Waals surface area contributed by atoms with Crippen molar-refractivity contribution in [3.05, 3.63) is 29.6 Å². The minimum absolute atomic E-state index is 0.00164. The summed E-state index contributed by atoms with van der Waals surface area (Å²) < 4.78 is 13.1. The molecule has 4 nitrogen and oxygen atoms in total. The van der Waals surface area contributed by atoms with Crippen molar-refractivity contribution in [3.63, 3.8) is 0 Å². The molecule has 5 heteroatoms. The van der Waals surface area contributed by atoms with Crippen molar-refractivity contribution in [1.82, 2.24) is 4.90 Å². The molecule has 0 radical (unpaired) electrons. The van der Waals surface area contributed by atoms with Gasteiger partial charge in [0.05, 0.1) is 0 Å². The van der Waals surface area contributed by atoms with E-state index in [1.54, 1.807) is 6.07 Å². The number of aromatic hydroxyl groups is 1. The van der Waals surface area contributed by atoms with Gasteiger partial charge < -0.3 is 10.2 Å². The molecular formula is C16H22FNO3. The zero-order valence-electron chi connectivity index (χ0n) is 12.3. The van der Waals surface area contributed by atoms with Gasteiger partial charge in [0.25, 0.3) is 0 Å². The van der Waals surface area contributed by atoms with E-state index in [-0.39, 0.29) is 18.2 Å². The van der Waals surface area contributed by atoms with Crippen molar-refractivity contribution in [2.24, 2.45) is 5.92 Å². The highest BCUT2D eigenvalue weighted by Crippen LogP contribution is 2.32. The van der Waals surface area contributed by atoms with Crippen LogP contribution < -0.4 is 0 Å². The van der Waals surface area contributed by atoms with Gasteiger partial charge >= 0.3 is 5.97 Å². The number of phenolic OH excluding ortho intramolecular Hbond substituents is 1. The molecule has 0 spiro atoms. The zero-order chi connectivity index (χ0) is 15.4. The van der Waals surface area contributed by atoms with E-state index in [0.717, 1.165) is 37.6 Å². The Labute approximate surface area is 124 Å². The molecule has 116 valence electrons. The summed E-state index contributed by atoms with van der Waals surface area (Å²) in [5.41, 5.74) is 0.718. The van der Waals surface area contributed by atoms with Crippen LogP contribution in [0.2, 0.25) is 0 Å². The number of carboxylic acids is 1. The minimum atomic E-state index is -0.753. The van der Waals surface area contributed by atoms with Crippen LogP contribution in [0.3, 0.4) is 0 Å². The van der Waals surface area contributed by atoms with Gasteiger partial charge in [0, 0.05) is 30.6 Å².